The topological polar surface area (TPSA) is 60.8 Å². The van der Waals surface area contributed by atoms with Gasteiger partial charge in [-0.1, -0.05) is 11.6 Å². The molecular formula is C15H17ClF3N5+2. The highest BCUT2D eigenvalue weighted by molar-refractivity contribution is 6.32. The van der Waals surface area contributed by atoms with Gasteiger partial charge in [0.05, 0.1) is 11.8 Å². The zero-order chi connectivity index (χ0) is 17.3. The van der Waals surface area contributed by atoms with Gasteiger partial charge in [0.2, 0.25) is 0 Å². The summed E-state index contributed by atoms with van der Waals surface area (Å²) in [6.07, 6.45) is -1.67. The molecule has 2 aromatic rings. The van der Waals surface area contributed by atoms with Crippen LogP contribution >= 0.6 is 11.6 Å². The zero-order valence-electron chi connectivity index (χ0n) is 12.7. The normalized spacial score (nSPS) is 15.7. The predicted molar refractivity (Wildman–Crippen MR) is 84.8 cm³/mol. The van der Waals surface area contributed by atoms with Gasteiger partial charge in [0.1, 0.15) is 43.1 Å². The van der Waals surface area contributed by atoms with Crippen LogP contribution in [-0.2, 0) is 6.18 Å². The molecule has 0 bridgehead atoms. The summed E-state index contributed by atoms with van der Waals surface area (Å²) in [5.41, 5.74) is 5.83. The van der Waals surface area contributed by atoms with Crippen molar-refractivity contribution in [2.75, 3.05) is 41.7 Å². The number of nitrogens with zero attached hydrogens (tertiary/aromatic N) is 2. The fourth-order valence-electron chi connectivity index (χ4n) is 2.74. The monoisotopic (exact) mass is 359 g/mol. The number of halogens is 4. The molecule has 0 aromatic carbocycles. The lowest BCUT2D eigenvalue weighted by molar-refractivity contribution is -0.368. The maximum Gasteiger partial charge on any atom is 0.419 e. The van der Waals surface area contributed by atoms with Gasteiger partial charge < -0.3 is 5.73 Å². The molecule has 0 amide bonds. The number of hydrogen-bond acceptors (Lipinski definition) is 3. The van der Waals surface area contributed by atoms with Crippen molar-refractivity contribution < 1.29 is 23.1 Å². The molecule has 1 aliphatic rings. The molecule has 128 valence electrons. The van der Waals surface area contributed by atoms with Gasteiger partial charge in [-0.05, 0) is 18.2 Å². The number of pyridine rings is 2. The van der Waals surface area contributed by atoms with Crippen molar-refractivity contribution in [3.8, 4) is 0 Å². The fraction of sp³-hybridized carbons (Fsp3) is 0.333. The van der Waals surface area contributed by atoms with E-state index in [1.54, 1.807) is 6.20 Å². The van der Waals surface area contributed by atoms with Gasteiger partial charge in [-0.25, -0.2) is 9.97 Å². The Balaban J connectivity index is 1.72. The van der Waals surface area contributed by atoms with E-state index in [1.165, 1.54) is 0 Å². The van der Waals surface area contributed by atoms with Crippen molar-refractivity contribution in [3.63, 3.8) is 0 Å². The summed E-state index contributed by atoms with van der Waals surface area (Å²) in [5.74, 6) is 1.34. The van der Waals surface area contributed by atoms with Gasteiger partial charge in [0.15, 0.2) is 0 Å². The van der Waals surface area contributed by atoms with Crippen LogP contribution in [0.2, 0.25) is 5.02 Å². The molecule has 1 fully saturated rings. The average Bonchev–Trinajstić information content (AvgIpc) is 2.55. The van der Waals surface area contributed by atoms with Crippen LogP contribution in [0.4, 0.5) is 30.5 Å². The van der Waals surface area contributed by atoms with Crippen LogP contribution in [-0.4, -0.2) is 26.2 Å². The number of aromatic nitrogens is 2. The second kappa shape index (κ2) is 6.35. The molecule has 4 N–H and O–H groups in total. The first kappa shape index (κ1) is 16.6. The molecule has 0 unspecified atom stereocenters. The van der Waals surface area contributed by atoms with Crippen molar-refractivity contribution in [1.29, 1.82) is 0 Å². The van der Waals surface area contributed by atoms with E-state index in [-0.39, 0.29) is 5.02 Å². The Bertz CT molecular complexity index is 729. The summed E-state index contributed by atoms with van der Waals surface area (Å²) in [7, 11) is 0. The van der Waals surface area contributed by atoms with Gasteiger partial charge in [0.25, 0.3) is 11.6 Å². The molecule has 3 rings (SSSR count). The first-order valence-corrected chi connectivity index (χ1v) is 7.78. The largest absolute Gasteiger partial charge is 0.419 e. The summed E-state index contributed by atoms with van der Waals surface area (Å²) in [6.45, 7) is 2.58. The fourth-order valence-corrected chi connectivity index (χ4v) is 3.03. The first-order valence-electron chi connectivity index (χ1n) is 7.41. The maximum atomic E-state index is 12.7. The van der Waals surface area contributed by atoms with E-state index in [9.17, 15) is 13.2 Å². The van der Waals surface area contributed by atoms with Crippen LogP contribution in [0.25, 0.3) is 0 Å². The Kier molecular flexibility index (Phi) is 4.40. The summed E-state index contributed by atoms with van der Waals surface area (Å²) in [4.78, 5) is 9.82. The van der Waals surface area contributed by atoms with Crippen LogP contribution in [0, 0.1) is 0 Å². The van der Waals surface area contributed by atoms with Crippen LogP contribution in [0.15, 0.2) is 30.6 Å². The molecule has 0 atom stereocenters. The van der Waals surface area contributed by atoms with E-state index in [0.717, 1.165) is 18.1 Å². The van der Waals surface area contributed by atoms with Gasteiger partial charge in [0, 0.05) is 0 Å². The summed E-state index contributed by atoms with van der Waals surface area (Å²) in [6, 6.07) is 4.59. The maximum absolute atomic E-state index is 12.7. The van der Waals surface area contributed by atoms with E-state index in [4.69, 9.17) is 17.3 Å². The number of hydrogen-bond donors (Lipinski definition) is 1. The number of aromatic amines is 2. The molecule has 2 aromatic heterocycles. The summed E-state index contributed by atoms with van der Waals surface area (Å²) < 4.78 is 38.1. The van der Waals surface area contributed by atoms with Gasteiger partial charge in [-0.15, -0.1) is 0 Å². The van der Waals surface area contributed by atoms with Gasteiger partial charge >= 0.3 is 6.18 Å². The number of piperazine rings is 1. The molecule has 0 aliphatic carbocycles. The van der Waals surface area contributed by atoms with E-state index >= 15 is 0 Å². The number of nitrogens with one attached hydrogen (secondary N) is 2. The highest BCUT2D eigenvalue weighted by Crippen LogP contribution is 2.32. The van der Waals surface area contributed by atoms with Crippen LogP contribution in [0.1, 0.15) is 5.56 Å². The highest BCUT2D eigenvalue weighted by Gasteiger charge is 2.35. The Hall–Kier alpha value is -2.22. The Labute approximate surface area is 141 Å². The number of rotatable bonds is 2. The number of alkyl halides is 3. The van der Waals surface area contributed by atoms with Crippen LogP contribution < -0.4 is 25.5 Å². The number of nitrogen functional groups attached to an aromatic ring is 1. The second-order valence-electron chi connectivity index (χ2n) is 5.53. The van der Waals surface area contributed by atoms with Crippen LogP contribution in [0.5, 0.6) is 0 Å². The third-order valence-electron chi connectivity index (χ3n) is 3.98. The second-order valence-corrected chi connectivity index (χ2v) is 5.94. The standard InChI is InChI=1S/C15H15ClF3N5/c16-11-8-10(15(17,18)19)9-22-13(11)23-4-6-24(7-5-23)14-12(20)2-1-3-21-14/h1-3,8-9H,4-7,20H2/p+2. The molecule has 1 saturated heterocycles. The molecule has 0 saturated carbocycles. The van der Waals surface area contributed by atoms with Crippen molar-refractivity contribution in [1.82, 2.24) is 0 Å². The molecule has 24 heavy (non-hydrogen) atoms. The minimum atomic E-state index is -4.42. The number of anilines is 3. The lowest BCUT2D eigenvalue weighted by Crippen LogP contribution is -2.49. The predicted octanol–water partition coefficient (Wildman–Crippen LogP) is 1.90. The van der Waals surface area contributed by atoms with Crippen LogP contribution in [0.3, 0.4) is 0 Å². The van der Waals surface area contributed by atoms with Crippen molar-refractivity contribution in [2.24, 2.45) is 0 Å². The molecule has 0 radical (unpaired) electrons. The lowest BCUT2D eigenvalue weighted by Gasteiger charge is -2.27. The number of nitrogens with two attached hydrogens (primary N) is 1. The minimum Gasteiger partial charge on any atom is -0.392 e. The lowest BCUT2D eigenvalue weighted by atomic mass is 10.2. The van der Waals surface area contributed by atoms with Crippen molar-refractivity contribution in [3.05, 3.63) is 41.2 Å². The third-order valence-corrected chi connectivity index (χ3v) is 4.27. The smallest absolute Gasteiger partial charge is 0.392 e. The minimum absolute atomic E-state index is 0.0593. The van der Waals surface area contributed by atoms with E-state index in [0.29, 0.717) is 37.7 Å². The molecular weight excluding hydrogens is 343 g/mol. The molecule has 0 spiro atoms. The summed E-state index contributed by atoms with van der Waals surface area (Å²) in [5, 5.41) is 0.0593. The van der Waals surface area contributed by atoms with Crippen molar-refractivity contribution in [2.45, 2.75) is 6.18 Å². The Morgan fingerprint density at radius 3 is 2.21 bits per heavy atom. The number of H-pyrrole nitrogens is 2. The Morgan fingerprint density at radius 1 is 1.04 bits per heavy atom. The van der Waals surface area contributed by atoms with E-state index in [2.05, 4.69) is 14.9 Å². The van der Waals surface area contributed by atoms with Crippen molar-refractivity contribution >= 4 is 28.9 Å². The van der Waals surface area contributed by atoms with Gasteiger partial charge in [-0.2, -0.15) is 13.2 Å². The zero-order valence-corrected chi connectivity index (χ0v) is 13.5. The first-order chi connectivity index (χ1) is 11.4. The molecule has 3 heterocycles. The average molecular weight is 360 g/mol. The Morgan fingerprint density at radius 2 is 1.67 bits per heavy atom. The third kappa shape index (κ3) is 3.33. The SMILES string of the molecule is Nc1ccc[nH+]c1N1CCN(c2[nH+]cc(C(F)(F)F)cc2Cl)CC1. The van der Waals surface area contributed by atoms with Gasteiger partial charge in [-0.3, -0.25) is 9.80 Å². The molecule has 9 heteroatoms. The quantitative estimate of drug-likeness (QED) is 0.891. The highest BCUT2D eigenvalue weighted by atomic mass is 35.5. The summed E-state index contributed by atoms with van der Waals surface area (Å²) >= 11 is 6.03. The molecule has 1 aliphatic heterocycles. The van der Waals surface area contributed by atoms with E-state index < -0.39 is 11.7 Å². The molecule has 5 nitrogen and oxygen atoms in total. The van der Waals surface area contributed by atoms with E-state index in [1.807, 2.05) is 17.0 Å².